The molecule has 0 aliphatic heterocycles. The first-order chi connectivity index (χ1) is 7.94. The molecule has 0 aromatic carbocycles. The number of hydrogen-bond acceptors (Lipinski definition) is 2. The summed E-state index contributed by atoms with van der Waals surface area (Å²) in [4.78, 5) is 11.6. The van der Waals surface area contributed by atoms with Crippen LogP contribution in [0.25, 0.3) is 0 Å². The van der Waals surface area contributed by atoms with Crippen LogP contribution in [-0.4, -0.2) is 29.6 Å². The van der Waals surface area contributed by atoms with Crippen LogP contribution in [0.1, 0.15) is 45.4 Å². The largest absolute Gasteiger partial charge is 0.393 e. The lowest BCUT2D eigenvalue weighted by molar-refractivity contribution is -0.132. The van der Waals surface area contributed by atoms with Gasteiger partial charge in [-0.3, -0.25) is 4.79 Å². The van der Waals surface area contributed by atoms with Crippen molar-refractivity contribution in [3.05, 3.63) is 0 Å². The fourth-order valence-corrected chi connectivity index (χ4v) is 2.11. The molecule has 0 radical (unpaired) electrons. The van der Waals surface area contributed by atoms with Crippen molar-refractivity contribution in [2.24, 2.45) is 5.92 Å². The summed E-state index contributed by atoms with van der Waals surface area (Å²) in [5, 5.41) is 11.9. The predicted molar refractivity (Wildman–Crippen MR) is 60.8 cm³/mol. The van der Waals surface area contributed by atoms with E-state index in [4.69, 9.17) is 0 Å². The minimum Gasteiger partial charge on any atom is -0.393 e. The maximum atomic E-state index is 13.1. The second-order valence-electron chi connectivity index (χ2n) is 4.79. The van der Waals surface area contributed by atoms with Crippen LogP contribution in [0.4, 0.5) is 8.78 Å². The molecule has 1 saturated carbocycles. The fourth-order valence-electron chi connectivity index (χ4n) is 2.11. The van der Waals surface area contributed by atoms with Crippen molar-refractivity contribution in [3.8, 4) is 0 Å². The van der Waals surface area contributed by atoms with Gasteiger partial charge in [-0.1, -0.05) is 6.92 Å². The summed E-state index contributed by atoms with van der Waals surface area (Å²) in [7, 11) is 0. The molecular weight excluding hydrogens is 228 g/mol. The van der Waals surface area contributed by atoms with Gasteiger partial charge in [0.15, 0.2) is 0 Å². The molecule has 0 spiro atoms. The summed E-state index contributed by atoms with van der Waals surface area (Å²) >= 11 is 0. The summed E-state index contributed by atoms with van der Waals surface area (Å²) in [6.07, 6.45) is 1.19. The Labute approximate surface area is 101 Å². The van der Waals surface area contributed by atoms with Crippen LogP contribution in [0.2, 0.25) is 0 Å². The number of rotatable bonds is 5. The van der Waals surface area contributed by atoms with E-state index in [-0.39, 0.29) is 18.7 Å². The van der Waals surface area contributed by atoms with Crippen LogP contribution in [0.15, 0.2) is 0 Å². The molecule has 100 valence electrons. The summed E-state index contributed by atoms with van der Waals surface area (Å²) in [5.41, 5.74) is 0. The number of nitrogens with one attached hydrogen (secondary N) is 1. The van der Waals surface area contributed by atoms with Gasteiger partial charge in [0.1, 0.15) is 0 Å². The Balaban J connectivity index is 2.28. The first-order valence-electron chi connectivity index (χ1n) is 6.28. The third-order valence-corrected chi connectivity index (χ3v) is 3.26. The molecule has 2 atom stereocenters. The van der Waals surface area contributed by atoms with Gasteiger partial charge in [-0.25, -0.2) is 8.78 Å². The highest BCUT2D eigenvalue weighted by Crippen LogP contribution is 2.36. The molecule has 1 aliphatic rings. The monoisotopic (exact) mass is 249 g/mol. The van der Waals surface area contributed by atoms with E-state index in [2.05, 4.69) is 5.32 Å². The maximum absolute atomic E-state index is 13.1. The molecule has 3 nitrogen and oxygen atoms in total. The van der Waals surface area contributed by atoms with Crippen LogP contribution in [0.3, 0.4) is 0 Å². The van der Waals surface area contributed by atoms with Gasteiger partial charge in [0, 0.05) is 25.3 Å². The minimum absolute atomic E-state index is 0.106. The smallest absolute Gasteiger partial charge is 0.248 e. The number of carbonyl (C=O) groups excluding carboxylic acids is 1. The number of carbonyl (C=O) groups is 1. The number of alkyl halides is 2. The van der Waals surface area contributed by atoms with E-state index in [9.17, 15) is 18.7 Å². The molecule has 1 amide bonds. The van der Waals surface area contributed by atoms with E-state index in [1.54, 1.807) is 0 Å². The Hall–Kier alpha value is -0.710. The van der Waals surface area contributed by atoms with E-state index < -0.39 is 17.9 Å². The zero-order valence-electron chi connectivity index (χ0n) is 10.2. The van der Waals surface area contributed by atoms with E-state index in [1.165, 1.54) is 0 Å². The Morgan fingerprint density at radius 1 is 1.59 bits per heavy atom. The van der Waals surface area contributed by atoms with Gasteiger partial charge in [-0.05, 0) is 25.7 Å². The lowest BCUT2D eigenvalue weighted by atomic mass is 9.86. The zero-order valence-corrected chi connectivity index (χ0v) is 10.2. The van der Waals surface area contributed by atoms with Crippen molar-refractivity contribution in [1.82, 2.24) is 5.32 Å². The van der Waals surface area contributed by atoms with Gasteiger partial charge in [0.2, 0.25) is 11.8 Å². The van der Waals surface area contributed by atoms with Crippen molar-refractivity contribution in [2.75, 3.05) is 6.54 Å². The third kappa shape index (κ3) is 4.98. The van der Waals surface area contributed by atoms with E-state index >= 15 is 0 Å². The number of hydrogen-bond donors (Lipinski definition) is 2. The highest BCUT2D eigenvalue weighted by Gasteiger charge is 2.38. The quantitative estimate of drug-likeness (QED) is 0.783. The number of amides is 1. The number of halogens is 2. The van der Waals surface area contributed by atoms with Gasteiger partial charge in [0.25, 0.3) is 0 Å². The lowest BCUT2D eigenvalue weighted by Gasteiger charge is -2.28. The maximum Gasteiger partial charge on any atom is 0.248 e. The van der Waals surface area contributed by atoms with E-state index in [0.717, 1.165) is 0 Å². The molecule has 2 unspecified atom stereocenters. The first-order valence-corrected chi connectivity index (χ1v) is 6.28. The second kappa shape index (κ2) is 6.28. The standard InChI is InChI=1S/C12H21F2NO2/c1-2-10(16)5-7-15-11(17)9-4-3-6-12(13,14)8-9/h9-10,16H,2-8H2,1H3,(H,15,17). The number of aliphatic hydroxyl groups is 1. The van der Waals surface area contributed by atoms with E-state index in [0.29, 0.717) is 32.2 Å². The van der Waals surface area contributed by atoms with Crippen molar-refractivity contribution in [1.29, 1.82) is 0 Å². The molecule has 0 heterocycles. The Bertz CT molecular complexity index is 259. The average Bonchev–Trinajstić information content (AvgIpc) is 2.27. The van der Waals surface area contributed by atoms with Crippen molar-refractivity contribution in [2.45, 2.75) is 57.5 Å². The molecule has 0 bridgehead atoms. The topological polar surface area (TPSA) is 49.3 Å². The summed E-state index contributed by atoms with van der Waals surface area (Å²) in [6, 6.07) is 0. The normalized spacial score (nSPS) is 25.3. The molecule has 0 aromatic heterocycles. The lowest BCUT2D eigenvalue weighted by Crippen LogP contribution is -2.38. The molecule has 0 aromatic rings. The molecule has 1 rings (SSSR count). The summed E-state index contributed by atoms with van der Waals surface area (Å²) < 4.78 is 26.2. The molecular formula is C12H21F2NO2. The van der Waals surface area contributed by atoms with Gasteiger partial charge in [-0.15, -0.1) is 0 Å². The highest BCUT2D eigenvalue weighted by atomic mass is 19.3. The summed E-state index contributed by atoms with van der Waals surface area (Å²) in [6.45, 7) is 2.21. The van der Waals surface area contributed by atoms with Crippen LogP contribution >= 0.6 is 0 Å². The van der Waals surface area contributed by atoms with Crippen LogP contribution < -0.4 is 5.32 Å². The molecule has 2 N–H and O–H groups in total. The average molecular weight is 249 g/mol. The summed E-state index contributed by atoms with van der Waals surface area (Å²) in [5.74, 6) is -3.56. The fraction of sp³-hybridized carbons (Fsp3) is 0.917. The Morgan fingerprint density at radius 2 is 2.29 bits per heavy atom. The molecule has 0 saturated heterocycles. The van der Waals surface area contributed by atoms with Gasteiger partial charge >= 0.3 is 0 Å². The Kier molecular flexibility index (Phi) is 5.31. The second-order valence-corrected chi connectivity index (χ2v) is 4.79. The first kappa shape index (κ1) is 14.4. The van der Waals surface area contributed by atoms with Crippen LogP contribution in [-0.2, 0) is 4.79 Å². The van der Waals surface area contributed by atoms with Gasteiger partial charge in [0.05, 0.1) is 6.10 Å². The van der Waals surface area contributed by atoms with E-state index in [1.807, 2.05) is 6.92 Å². The molecule has 5 heteroatoms. The predicted octanol–water partition coefficient (Wildman–Crippen LogP) is 2.09. The van der Waals surface area contributed by atoms with Crippen molar-refractivity contribution in [3.63, 3.8) is 0 Å². The minimum atomic E-state index is -2.69. The van der Waals surface area contributed by atoms with Gasteiger partial charge < -0.3 is 10.4 Å². The zero-order chi connectivity index (χ0) is 12.9. The molecule has 1 aliphatic carbocycles. The van der Waals surface area contributed by atoms with Crippen molar-refractivity contribution >= 4 is 5.91 Å². The molecule has 1 fully saturated rings. The SMILES string of the molecule is CCC(O)CCNC(=O)C1CCCC(F)(F)C1. The van der Waals surface area contributed by atoms with Crippen molar-refractivity contribution < 1.29 is 18.7 Å². The number of aliphatic hydroxyl groups excluding tert-OH is 1. The van der Waals surface area contributed by atoms with Crippen LogP contribution in [0.5, 0.6) is 0 Å². The third-order valence-electron chi connectivity index (χ3n) is 3.26. The van der Waals surface area contributed by atoms with Crippen LogP contribution in [0, 0.1) is 5.92 Å². The van der Waals surface area contributed by atoms with Gasteiger partial charge in [-0.2, -0.15) is 0 Å². The highest BCUT2D eigenvalue weighted by molar-refractivity contribution is 5.78. The molecule has 17 heavy (non-hydrogen) atoms. The Morgan fingerprint density at radius 3 is 2.88 bits per heavy atom.